The molecule has 9 heteroatoms. The van der Waals surface area contributed by atoms with Gasteiger partial charge in [0.2, 0.25) is 0 Å². The normalized spacial score (nSPS) is 11.9. The first kappa shape index (κ1) is 20.8. The molecule has 0 atom stereocenters. The number of anilines is 1. The number of benzene rings is 2. The number of nitrogens with zero attached hydrogens (tertiary/aromatic N) is 1. The Morgan fingerprint density at radius 1 is 1.04 bits per heavy atom. The van der Waals surface area contributed by atoms with Gasteiger partial charge >= 0.3 is 6.18 Å². The van der Waals surface area contributed by atoms with E-state index in [1.807, 2.05) is 13.8 Å². The number of nitrogens with one attached hydrogen (secondary N) is 1. The molecule has 2 aromatic rings. The molecule has 0 saturated carbocycles. The van der Waals surface area contributed by atoms with Crippen LogP contribution in [0.15, 0.2) is 53.4 Å². The van der Waals surface area contributed by atoms with E-state index in [1.165, 1.54) is 18.2 Å². The first-order valence-electron chi connectivity index (χ1n) is 8.18. The maximum atomic E-state index is 12.6. The predicted molar refractivity (Wildman–Crippen MR) is 95.9 cm³/mol. The van der Waals surface area contributed by atoms with E-state index in [4.69, 9.17) is 0 Å². The lowest BCUT2D eigenvalue weighted by atomic mass is 10.2. The zero-order chi connectivity index (χ0) is 20.2. The molecule has 2 rings (SSSR count). The quantitative estimate of drug-likeness (QED) is 0.797. The molecule has 0 aliphatic heterocycles. The van der Waals surface area contributed by atoms with E-state index in [0.717, 1.165) is 12.1 Å². The van der Waals surface area contributed by atoms with Crippen LogP contribution in [-0.4, -0.2) is 32.3 Å². The lowest BCUT2D eigenvalue weighted by Crippen LogP contribution is -2.30. The number of sulfonamides is 1. The maximum absolute atomic E-state index is 12.6. The number of amides is 1. The van der Waals surface area contributed by atoms with E-state index in [0.29, 0.717) is 30.8 Å². The number of rotatable bonds is 6. The van der Waals surface area contributed by atoms with Crippen molar-refractivity contribution in [3.63, 3.8) is 0 Å². The Morgan fingerprint density at radius 3 is 2.15 bits per heavy atom. The van der Waals surface area contributed by atoms with Crippen LogP contribution < -0.4 is 4.72 Å². The topological polar surface area (TPSA) is 66.5 Å². The zero-order valence-corrected chi connectivity index (χ0v) is 15.6. The molecule has 2 aromatic carbocycles. The smallest absolute Gasteiger partial charge is 0.339 e. The summed E-state index contributed by atoms with van der Waals surface area (Å²) in [5.74, 6) is -0.240. The van der Waals surface area contributed by atoms with Crippen molar-refractivity contribution in [3.05, 3.63) is 59.7 Å². The summed E-state index contributed by atoms with van der Waals surface area (Å²) in [4.78, 5) is 13.6. The van der Waals surface area contributed by atoms with Gasteiger partial charge in [0.25, 0.3) is 15.9 Å². The summed E-state index contributed by atoms with van der Waals surface area (Å²) in [6, 6.07) is 9.12. The number of carbonyl (C=O) groups excluding carboxylic acids is 1. The van der Waals surface area contributed by atoms with E-state index in [1.54, 1.807) is 11.0 Å². The fourth-order valence-corrected chi connectivity index (χ4v) is 3.50. The van der Waals surface area contributed by atoms with Gasteiger partial charge in [-0.1, -0.05) is 6.07 Å². The van der Waals surface area contributed by atoms with E-state index >= 15 is 0 Å². The van der Waals surface area contributed by atoms with Crippen molar-refractivity contribution in [1.82, 2.24) is 4.90 Å². The molecular formula is C18H19F3N2O3S. The number of hydrogen-bond acceptors (Lipinski definition) is 3. The van der Waals surface area contributed by atoms with E-state index in [2.05, 4.69) is 4.72 Å². The van der Waals surface area contributed by atoms with Crippen molar-refractivity contribution in [2.45, 2.75) is 24.9 Å². The first-order chi connectivity index (χ1) is 12.6. The van der Waals surface area contributed by atoms with E-state index < -0.39 is 21.8 Å². The molecule has 0 aliphatic carbocycles. The second-order valence-electron chi connectivity index (χ2n) is 5.69. The molecule has 0 aromatic heterocycles. The lowest BCUT2D eigenvalue weighted by Gasteiger charge is -2.19. The number of alkyl halides is 3. The van der Waals surface area contributed by atoms with Crippen LogP contribution in [0, 0.1) is 0 Å². The van der Waals surface area contributed by atoms with Crippen molar-refractivity contribution in [1.29, 1.82) is 0 Å². The maximum Gasteiger partial charge on any atom is 0.416 e. The third kappa shape index (κ3) is 5.00. The summed E-state index contributed by atoms with van der Waals surface area (Å²) in [5, 5.41) is 0. The monoisotopic (exact) mass is 400 g/mol. The SMILES string of the molecule is CCN(CC)C(=O)c1cccc(NS(=O)(=O)c2ccc(C(F)(F)F)cc2)c1. The highest BCUT2D eigenvalue weighted by Crippen LogP contribution is 2.30. The molecule has 0 unspecified atom stereocenters. The second kappa shape index (κ2) is 7.99. The van der Waals surface area contributed by atoms with Crippen molar-refractivity contribution < 1.29 is 26.4 Å². The predicted octanol–water partition coefficient (Wildman–Crippen LogP) is 3.99. The zero-order valence-electron chi connectivity index (χ0n) is 14.7. The van der Waals surface area contributed by atoms with Gasteiger partial charge in [0, 0.05) is 24.3 Å². The molecule has 0 aliphatic rings. The Morgan fingerprint density at radius 2 is 1.63 bits per heavy atom. The van der Waals surface area contributed by atoms with Gasteiger partial charge in [-0.2, -0.15) is 13.2 Å². The fourth-order valence-electron chi connectivity index (χ4n) is 2.45. The van der Waals surface area contributed by atoms with Crippen molar-refractivity contribution in [3.8, 4) is 0 Å². The summed E-state index contributed by atoms with van der Waals surface area (Å²) in [6.07, 6.45) is -4.55. The third-order valence-corrected chi connectivity index (χ3v) is 5.30. The molecule has 0 saturated heterocycles. The molecule has 146 valence electrons. The summed E-state index contributed by atoms with van der Waals surface area (Å²) in [7, 11) is -4.09. The molecule has 0 fully saturated rings. The van der Waals surface area contributed by atoms with Crippen molar-refractivity contribution in [2.75, 3.05) is 17.8 Å². The molecule has 0 radical (unpaired) electrons. The van der Waals surface area contributed by atoms with Gasteiger partial charge in [-0.15, -0.1) is 0 Å². The van der Waals surface area contributed by atoms with Crippen LogP contribution >= 0.6 is 0 Å². The average Bonchev–Trinajstić information content (AvgIpc) is 2.62. The fraction of sp³-hybridized carbons (Fsp3) is 0.278. The van der Waals surface area contributed by atoms with Gasteiger partial charge in [-0.3, -0.25) is 9.52 Å². The van der Waals surface area contributed by atoms with Crippen LogP contribution in [0.25, 0.3) is 0 Å². The Labute approximate surface area is 155 Å². The third-order valence-electron chi connectivity index (χ3n) is 3.90. The first-order valence-corrected chi connectivity index (χ1v) is 9.66. The van der Waals surface area contributed by atoms with Gasteiger partial charge in [-0.25, -0.2) is 8.42 Å². The van der Waals surface area contributed by atoms with Crippen LogP contribution in [0.3, 0.4) is 0 Å². The molecule has 1 amide bonds. The Kier molecular flexibility index (Phi) is 6.15. The lowest BCUT2D eigenvalue weighted by molar-refractivity contribution is -0.137. The van der Waals surface area contributed by atoms with E-state index in [-0.39, 0.29) is 16.5 Å². The highest BCUT2D eigenvalue weighted by molar-refractivity contribution is 7.92. The highest BCUT2D eigenvalue weighted by Gasteiger charge is 2.30. The number of halogens is 3. The van der Waals surface area contributed by atoms with Gasteiger partial charge in [0.05, 0.1) is 10.5 Å². The van der Waals surface area contributed by atoms with Crippen LogP contribution in [-0.2, 0) is 16.2 Å². The summed E-state index contributed by atoms with van der Waals surface area (Å²) < 4.78 is 64.9. The van der Waals surface area contributed by atoms with Gasteiger partial charge < -0.3 is 4.90 Å². The van der Waals surface area contributed by atoms with Gasteiger partial charge in [-0.05, 0) is 56.3 Å². The van der Waals surface area contributed by atoms with Crippen molar-refractivity contribution >= 4 is 21.6 Å². The number of carbonyl (C=O) groups is 1. The molecule has 1 N–H and O–H groups in total. The Bertz CT molecular complexity index is 906. The summed E-state index contributed by atoms with van der Waals surface area (Å²) in [6.45, 7) is 4.69. The second-order valence-corrected chi connectivity index (χ2v) is 7.37. The van der Waals surface area contributed by atoms with Crippen LogP contribution in [0.1, 0.15) is 29.8 Å². The number of hydrogen-bond donors (Lipinski definition) is 1. The minimum absolute atomic E-state index is 0.146. The van der Waals surface area contributed by atoms with Crippen LogP contribution in [0.2, 0.25) is 0 Å². The van der Waals surface area contributed by atoms with Gasteiger partial charge in [0.15, 0.2) is 0 Å². The largest absolute Gasteiger partial charge is 0.416 e. The molecule has 27 heavy (non-hydrogen) atoms. The van der Waals surface area contributed by atoms with E-state index in [9.17, 15) is 26.4 Å². The summed E-state index contributed by atoms with van der Waals surface area (Å²) in [5.41, 5.74) is -0.479. The molecule has 0 heterocycles. The van der Waals surface area contributed by atoms with Crippen LogP contribution in [0.4, 0.5) is 18.9 Å². The molecule has 5 nitrogen and oxygen atoms in total. The molecule has 0 bridgehead atoms. The molecular weight excluding hydrogens is 381 g/mol. The summed E-state index contributed by atoms with van der Waals surface area (Å²) >= 11 is 0. The van der Waals surface area contributed by atoms with Crippen molar-refractivity contribution in [2.24, 2.45) is 0 Å². The average molecular weight is 400 g/mol. The molecule has 0 spiro atoms. The Hall–Kier alpha value is -2.55. The Balaban J connectivity index is 2.25. The van der Waals surface area contributed by atoms with Gasteiger partial charge in [0.1, 0.15) is 0 Å². The highest BCUT2D eigenvalue weighted by atomic mass is 32.2. The van der Waals surface area contributed by atoms with Crippen LogP contribution in [0.5, 0.6) is 0 Å². The standard InChI is InChI=1S/C18H19F3N2O3S/c1-3-23(4-2)17(24)13-6-5-7-15(12-13)22-27(25,26)16-10-8-14(9-11-16)18(19,20)21/h5-12,22H,3-4H2,1-2H3. The minimum Gasteiger partial charge on any atom is -0.339 e. The minimum atomic E-state index is -4.55.